The minimum Gasteiger partial charge on any atom is -0.366 e. The highest BCUT2D eigenvalue weighted by atomic mass is 19.4. The molecule has 46 heavy (non-hydrogen) atoms. The van der Waals surface area contributed by atoms with Crippen LogP contribution in [-0.2, 0) is 0 Å². The van der Waals surface area contributed by atoms with Gasteiger partial charge in [-0.1, -0.05) is 26.0 Å². The molecule has 3 fully saturated rings. The molecular weight excluding hydrogens is 599 g/mol. The average Bonchev–Trinajstić information content (AvgIpc) is 3.80. The Labute approximate surface area is 267 Å². The number of alkyl halides is 3. The zero-order valence-corrected chi connectivity index (χ0v) is 26.5. The predicted molar refractivity (Wildman–Crippen MR) is 171 cm³/mol. The molecule has 5 N–H and O–H groups in total. The molecule has 6 rings (SSSR count). The highest BCUT2D eigenvalue weighted by Gasteiger charge is 2.33. The normalized spacial score (nSPS) is 17.3. The summed E-state index contributed by atoms with van der Waals surface area (Å²) in [5, 5.41) is 7.45. The molecule has 11 nitrogen and oxygen atoms in total. The zero-order valence-electron chi connectivity index (χ0n) is 26.5. The molecule has 4 heterocycles. The molecule has 3 aliphatic rings. The minimum atomic E-state index is -4.18. The first-order valence-corrected chi connectivity index (χ1v) is 16.0. The fraction of sp³-hybridized carbons (Fsp3) is 0.531. The van der Waals surface area contributed by atoms with Gasteiger partial charge in [0, 0.05) is 37.9 Å². The number of aromatic nitrogens is 4. The van der Waals surface area contributed by atoms with Gasteiger partial charge in [0.1, 0.15) is 5.82 Å². The largest absolute Gasteiger partial charge is 0.401 e. The van der Waals surface area contributed by atoms with Crippen LogP contribution in [-0.4, -0.2) is 75.4 Å². The number of halogens is 3. The molecule has 0 radical (unpaired) electrons. The lowest BCUT2D eigenvalue weighted by Crippen LogP contribution is -2.40. The number of rotatable bonds is 8. The van der Waals surface area contributed by atoms with Crippen LogP contribution in [0.3, 0.4) is 0 Å². The molecule has 0 atom stereocenters. The number of amides is 2. The monoisotopic (exact) mass is 643 g/mol. The highest BCUT2D eigenvalue weighted by molar-refractivity contribution is 5.96. The maximum absolute atomic E-state index is 12.6. The van der Waals surface area contributed by atoms with Crippen molar-refractivity contribution in [3.05, 3.63) is 59.7 Å². The molecule has 1 saturated carbocycles. The van der Waals surface area contributed by atoms with Gasteiger partial charge in [-0.15, -0.1) is 0 Å². The van der Waals surface area contributed by atoms with Gasteiger partial charge in [-0.25, -0.2) is 9.97 Å². The molecule has 0 spiro atoms. The van der Waals surface area contributed by atoms with Crippen LogP contribution < -0.4 is 21.7 Å². The number of nitrogens with two attached hydrogens (primary N) is 2. The van der Waals surface area contributed by atoms with Crippen molar-refractivity contribution in [2.45, 2.75) is 76.9 Å². The van der Waals surface area contributed by atoms with Crippen LogP contribution in [0, 0.1) is 0 Å². The van der Waals surface area contributed by atoms with Crippen LogP contribution in [0.5, 0.6) is 0 Å². The molecule has 3 aromatic rings. The number of nitrogens with one attached hydrogen (secondary N) is 1. The van der Waals surface area contributed by atoms with Gasteiger partial charge in [0.05, 0.1) is 30.7 Å². The lowest BCUT2D eigenvalue weighted by molar-refractivity contribution is -0.148. The molecule has 1 aliphatic carbocycles. The van der Waals surface area contributed by atoms with E-state index in [-0.39, 0.29) is 23.5 Å². The Hall–Kier alpha value is -4.20. The summed E-state index contributed by atoms with van der Waals surface area (Å²) in [4.78, 5) is 34.9. The smallest absolute Gasteiger partial charge is 0.366 e. The van der Waals surface area contributed by atoms with E-state index in [9.17, 15) is 22.8 Å². The lowest BCUT2D eigenvalue weighted by atomic mass is 10.1. The van der Waals surface area contributed by atoms with E-state index in [2.05, 4.69) is 25.3 Å². The van der Waals surface area contributed by atoms with Crippen molar-refractivity contribution in [1.82, 2.24) is 24.6 Å². The molecule has 250 valence electrons. The third kappa shape index (κ3) is 9.90. The molecule has 1 aromatic carbocycles. The second-order valence-electron chi connectivity index (χ2n) is 11.6. The van der Waals surface area contributed by atoms with Crippen molar-refractivity contribution in [3.8, 4) is 0 Å². The molecule has 0 unspecified atom stereocenters. The van der Waals surface area contributed by atoms with Crippen LogP contribution in [0.1, 0.15) is 97.2 Å². The van der Waals surface area contributed by atoms with Gasteiger partial charge in [0.15, 0.2) is 11.5 Å². The number of likely N-dealkylation sites (tertiary alicyclic amines) is 1. The van der Waals surface area contributed by atoms with Gasteiger partial charge in [-0.2, -0.15) is 18.3 Å². The van der Waals surface area contributed by atoms with E-state index in [4.69, 9.17) is 11.5 Å². The number of carbonyl (C=O) groups excluding carboxylic acids is 2. The minimum absolute atomic E-state index is 0.0106. The van der Waals surface area contributed by atoms with Crippen molar-refractivity contribution in [2.24, 2.45) is 11.5 Å². The number of nitrogens with zero attached hydrogens (tertiary/aromatic N) is 6. The summed E-state index contributed by atoms with van der Waals surface area (Å²) in [5.74, 6) is 0.653. The topological polar surface area (TPSA) is 148 Å². The van der Waals surface area contributed by atoms with Gasteiger partial charge in [-0.05, 0) is 68.6 Å². The van der Waals surface area contributed by atoms with Crippen LogP contribution in [0.25, 0.3) is 0 Å². The Balaban J connectivity index is 0.000000285. The first-order chi connectivity index (χ1) is 22.1. The standard InChI is InChI=1S/C20H27F3N8O.C10H11NO.C2H6/c21-20(22,23)13-29-8-4-15(5-9-29)31-12-14(10-26-31)27-19-17(18(24)32)25-11-16(28-19)30-6-2-1-3-7-30;11-10(12)9-5-3-8(4-6-9)7-1-2-7;1-2/h10-12,15H,1-9,13H2,(H2,24,32)(H,27,28);3-7H,1-2H2,(H2,11,12);1-2H3. The van der Waals surface area contributed by atoms with Gasteiger partial charge in [0.2, 0.25) is 5.91 Å². The molecule has 2 aliphatic heterocycles. The number of benzene rings is 1. The molecule has 2 aromatic heterocycles. The van der Waals surface area contributed by atoms with Gasteiger partial charge in [0.25, 0.3) is 5.91 Å². The second kappa shape index (κ2) is 15.9. The molecule has 2 saturated heterocycles. The molecular formula is C32H44F3N9O2. The summed E-state index contributed by atoms with van der Waals surface area (Å²) in [6.07, 6.45) is 7.82. The number of primary amides is 2. The van der Waals surface area contributed by atoms with Crippen molar-refractivity contribution in [2.75, 3.05) is 42.9 Å². The first-order valence-electron chi connectivity index (χ1n) is 16.0. The maximum atomic E-state index is 12.6. The van der Waals surface area contributed by atoms with Crippen LogP contribution in [0.15, 0.2) is 42.9 Å². The third-order valence-electron chi connectivity index (χ3n) is 8.12. The quantitative estimate of drug-likeness (QED) is 0.296. The van der Waals surface area contributed by atoms with E-state index in [0.29, 0.717) is 43.0 Å². The first kappa shape index (κ1) is 34.7. The predicted octanol–water partition coefficient (Wildman–Crippen LogP) is 5.39. The van der Waals surface area contributed by atoms with Crippen LogP contribution in [0.4, 0.5) is 30.5 Å². The summed E-state index contributed by atoms with van der Waals surface area (Å²) in [5.41, 5.74) is 13.2. The van der Waals surface area contributed by atoms with E-state index in [1.165, 1.54) is 29.7 Å². The highest BCUT2D eigenvalue weighted by Crippen LogP contribution is 2.39. The Kier molecular flexibility index (Phi) is 12.0. The van der Waals surface area contributed by atoms with E-state index < -0.39 is 18.6 Å². The number of hydrogen-bond donors (Lipinski definition) is 3. The van der Waals surface area contributed by atoms with Gasteiger partial charge in [-0.3, -0.25) is 19.2 Å². The van der Waals surface area contributed by atoms with E-state index >= 15 is 0 Å². The fourth-order valence-corrected chi connectivity index (χ4v) is 5.59. The van der Waals surface area contributed by atoms with Crippen molar-refractivity contribution in [1.29, 1.82) is 0 Å². The average molecular weight is 644 g/mol. The Bertz CT molecular complexity index is 1430. The second-order valence-corrected chi connectivity index (χ2v) is 11.6. The van der Waals surface area contributed by atoms with E-state index in [0.717, 1.165) is 31.8 Å². The van der Waals surface area contributed by atoms with Crippen LogP contribution >= 0.6 is 0 Å². The number of anilines is 3. The fourth-order valence-electron chi connectivity index (χ4n) is 5.59. The van der Waals surface area contributed by atoms with Crippen molar-refractivity contribution < 1.29 is 22.8 Å². The summed E-state index contributed by atoms with van der Waals surface area (Å²) in [6.45, 7) is 5.61. The Morgan fingerprint density at radius 3 is 2.13 bits per heavy atom. The van der Waals surface area contributed by atoms with Crippen molar-refractivity contribution in [3.63, 3.8) is 0 Å². The summed E-state index contributed by atoms with van der Waals surface area (Å²) >= 11 is 0. The van der Waals surface area contributed by atoms with Gasteiger partial charge < -0.3 is 21.7 Å². The Morgan fingerprint density at radius 1 is 0.913 bits per heavy atom. The number of hydrogen-bond acceptors (Lipinski definition) is 8. The SMILES string of the molecule is CC.NC(=O)c1ccc(C2CC2)cc1.NC(=O)c1ncc(N2CCCCC2)nc1Nc1cnn(C2CCN(CC(F)(F)F)CC2)c1. The summed E-state index contributed by atoms with van der Waals surface area (Å²) in [6, 6.07) is 7.61. The van der Waals surface area contributed by atoms with Crippen molar-refractivity contribution >= 4 is 29.1 Å². The number of carbonyl (C=O) groups is 2. The summed E-state index contributed by atoms with van der Waals surface area (Å²) in [7, 11) is 0. The Morgan fingerprint density at radius 2 is 1.57 bits per heavy atom. The lowest BCUT2D eigenvalue weighted by Gasteiger charge is -2.32. The zero-order chi connectivity index (χ0) is 33.3. The molecule has 2 amide bonds. The van der Waals surface area contributed by atoms with Gasteiger partial charge >= 0.3 is 6.18 Å². The third-order valence-corrected chi connectivity index (χ3v) is 8.12. The molecule has 14 heteroatoms. The maximum Gasteiger partial charge on any atom is 0.401 e. The number of piperidine rings is 2. The molecule has 0 bridgehead atoms. The van der Waals surface area contributed by atoms with E-state index in [1.54, 1.807) is 35.4 Å². The summed E-state index contributed by atoms with van der Waals surface area (Å²) < 4.78 is 39.5. The van der Waals surface area contributed by atoms with Crippen LogP contribution in [0.2, 0.25) is 0 Å². The van der Waals surface area contributed by atoms with E-state index in [1.807, 2.05) is 26.0 Å².